The van der Waals surface area contributed by atoms with E-state index in [4.69, 9.17) is 0 Å². The summed E-state index contributed by atoms with van der Waals surface area (Å²) >= 11 is 1.66. The molecule has 106 valence electrons. The molecule has 3 heterocycles. The molecule has 1 amide bonds. The van der Waals surface area contributed by atoms with Crippen LogP contribution in [0.25, 0.3) is 0 Å². The van der Waals surface area contributed by atoms with E-state index in [0.717, 1.165) is 37.5 Å². The van der Waals surface area contributed by atoms with E-state index in [1.165, 1.54) is 5.56 Å². The lowest BCUT2D eigenvalue weighted by Crippen LogP contribution is -2.28. The second-order valence-electron chi connectivity index (χ2n) is 5.15. The summed E-state index contributed by atoms with van der Waals surface area (Å²) in [5.74, 6) is 1.99. The van der Waals surface area contributed by atoms with Crippen molar-refractivity contribution in [2.45, 2.75) is 45.2 Å². The molecule has 0 bridgehead atoms. The quantitative estimate of drug-likeness (QED) is 0.917. The second kappa shape index (κ2) is 5.75. The molecule has 6 heteroatoms. The molecule has 1 aliphatic heterocycles. The van der Waals surface area contributed by atoms with Crippen LogP contribution in [0, 0.1) is 0 Å². The van der Waals surface area contributed by atoms with Crippen molar-refractivity contribution in [1.82, 2.24) is 20.1 Å². The van der Waals surface area contributed by atoms with Crippen molar-refractivity contribution in [3.63, 3.8) is 0 Å². The molecule has 0 saturated heterocycles. The zero-order valence-electron chi connectivity index (χ0n) is 11.5. The molecule has 2 aromatic rings. The summed E-state index contributed by atoms with van der Waals surface area (Å²) in [7, 11) is 0. The molecule has 0 fully saturated rings. The van der Waals surface area contributed by atoms with Gasteiger partial charge in [-0.2, -0.15) is 11.3 Å². The number of rotatable bonds is 5. The topological polar surface area (TPSA) is 59.8 Å². The molecule has 20 heavy (non-hydrogen) atoms. The van der Waals surface area contributed by atoms with Crippen molar-refractivity contribution in [3.05, 3.63) is 34.0 Å². The van der Waals surface area contributed by atoms with Gasteiger partial charge in [-0.1, -0.05) is 0 Å². The Balaban J connectivity index is 1.55. The highest BCUT2D eigenvalue weighted by Gasteiger charge is 2.22. The summed E-state index contributed by atoms with van der Waals surface area (Å²) in [4.78, 5) is 12.0. The lowest BCUT2D eigenvalue weighted by atomic mass is 10.2. The Morgan fingerprint density at radius 3 is 3.25 bits per heavy atom. The number of carbonyl (C=O) groups is 1. The van der Waals surface area contributed by atoms with Gasteiger partial charge in [-0.25, -0.2) is 0 Å². The first-order chi connectivity index (χ1) is 9.74. The molecule has 1 aliphatic rings. The van der Waals surface area contributed by atoms with Crippen LogP contribution in [0.15, 0.2) is 16.8 Å². The molecule has 0 aliphatic carbocycles. The Hall–Kier alpha value is -1.69. The molecule has 0 aromatic carbocycles. The van der Waals surface area contributed by atoms with Crippen LogP contribution in [0.1, 0.15) is 43.0 Å². The number of thiophene rings is 1. The zero-order chi connectivity index (χ0) is 13.9. The number of fused-ring (bicyclic) bond motifs is 1. The zero-order valence-corrected chi connectivity index (χ0v) is 12.3. The van der Waals surface area contributed by atoms with Gasteiger partial charge in [0.15, 0.2) is 5.82 Å². The summed E-state index contributed by atoms with van der Waals surface area (Å²) in [5.41, 5.74) is 1.22. The first-order valence-corrected chi connectivity index (χ1v) is 7.91. The number of nitrogens with one attached hydrogen (secondary N) is 1. The van der Waals surface area contributed by atoms with Crippen LogP contribution >= 0.6 is 11.3 Å². The molecule has 0 saturated carbocycles. The molecule has 1 atom stereocenters. The van der Waals surface area contributed by atoms with Crippen LogP contribution in [-0.2, 0) is 24.2 Å². The lowest BCUT2D eigenvalue weighted by Gasteiger charge is -2.13. The molecule has 3 rings (SSSR count). The summed E-state index contributed by atoms with van der Waals surface area (Å²) in [6.45, 7) is 2.94. The summed E-state index contributed by atoms with van der Waals surface area (Å²) in [5, 5.41) is 15.5. The largest absolute Gasteiger partial charge is 0.346 e. The van der Waals surface area contributed by atoms with Crippen LogP contribution < -0.4 is 5.32 Å². The van der Waals surface area contributed by atoms with E-state index in [-0.39, 0.29) is 11.9 Å². The van der Waals surface area contributed by atoms with Crippen molar-refractivity contribution >= 4 is 17.2 Å². The maximum Gasteiger partial charge on any atom is 0.220 e. The van der Waals surface area contributed by atoms with Gasteiger partial charge in [-0.3, -0.25) is 4.79 Å². The highest BCUT2D eigenvalue weighted by atomic mass is 32.1. The smallest absolute Gasteiger partial charge is 0.220 e. The second-order valence-corrected chi connectivity index (χ2v) is 5.93. The van der Waals surface area contributed by atoms with E-state index in [9.17, 15) is 4.79 Å². The fraction of sp³-hybridized carbons (Fsp3) is 0.500. The van der Waals surface area contributed by atoms with E-state index in [2.05, 4.69) is 31.5 Å². The van der Waals surface area contributed by atoms with Crippen molar-refractivity contribution in [2.75, 3.05) is 0 Å². The van der Waals surface area contributed by atoms with Gasteiger partial charge in [0.05, 0.1) is 6.04 Å². The minimum Gasteiger partial charge on any atom is -0.346 e. The Morgan fingerprint density at radius 1 is 1.55 bits per heavy atom. The molecule has 5 nitrogen and oxygen atoms in total. The van der Waals surface area contributed by atoms with Gasteiger partial charge in [0, 0.05) is 19.4 Å². The fourth-order valence-corrected chi connectivity index (χ4v) is 3.27. The van der Waals surface area contributed by atoms with Crippen LogP contribution in [0.4, 0.5) is 0 Å². The van der Waals surface area contributed by atoms with Gasteiger partial charge < -0.3 is 9.88 Å². The normalized spacial score (nSPS) is 15.1. The summed E-state index contributed by atoms with van der Waals surface area (Å²) in [6, 6.07) is 1.98. The molecule has 2 aromatic heterocycles. The van der Waals surface area contributed by atoms with Gasteiger partial charge in [-0.05, 0) is 42.2 Å². The molecule has 1 N–H and O–H groups in total. The summed E-state index contributed by atoms with van der Waals surface area (Å²) < 4.78 is 2.13. The molecule has 0 unspecified atom stereocenters. The van der Waals surface area contributed by atoms with E-state index < -0.39 is 0 Å². The van der Waals surface area contributed by atoms with Crippen molar-refractivity contribution in [3.8, 4) is 0 Å². The molecular weight excluding hydrogens is 272 g/mol. The van der Waals surface area contributed by atoms with Gasteiger partial charge in [0.2, 0.25) is 5.91 Å². The van der Waals surface area contributed by atoms with Crippen molar-refractivity contribution < 1.29 is 4.79 Å². The van der Waals surface area contributed by atoms with E-state index >= 15 is 0 Å². The number of hydrogen-bond donors (Lipinski definition) is 1. The Morgan fingerprint density at radius 2 is 2.45 bits per heavy atom. The average Bonchev–Trinajstić information content (AvgIpc) is 3.13. The fourth-order valence-electron chi connectivity index (χ4n) is 2.56. The molecule has 0 spiro atoms. The molecular formula is C14H18N4OS. The third-order valence-electron chi connectivity index (χ3n) is 3.62. The predicted octanol–water partition coefficient (Wildman–Crippen LogP) is 2.10. The number of aryl methyl sites for hydroxylation is 2. The van der Waals surface area contributed by atoms with Crippen LogP contribution in [0.2, 0.25) is 0 Å². The van der Waals surface area contributed by atoms with Gasteiger partial charge in [0.1, 0.15) is 5.82 Å². The monoisotopic (exact) mass is 290 g/mol. The van der Waals surface area contributed by atoms with E-state index in [0.29, 0.717) is 6.42 Å². The summed E-state index contributed by atoms with van der Waals surface area (Å²) in [6.07, 6.45) is 3.42. The molecule has 0 radical (unpaired) electrons. The van der Waals surface area contributed by atoms with E-state index in [1.54, 1.807) is 11.3 Å². The van der Waals surface area contributed by atoms with Gasteiger partial charge >= 0.3 is 0 Å². The third kappa shape index (κ3) is 2.75. The minimum atomic E-state index is -0.0793. The number of carbonyl (C=O) groups excluding carboxylic acids is 1. The Bertz CT molecular complexity index is 590. The highest BCUT2D eigenvalue weighted by Crippen LogP contribution is 2.19. The number of hydrogen-bond acceptors (Lipinski definition) is 4. The lowest BCUT2D eigenvalue weighted by molar-refractivity contribution is -0.121. The minimum absolute atomic E-state index is 0.0686. The van der Waals surface area contributed by atoms with Crippen LogP contribution in [0.3, 0.4) is 0 Å². The Labute approximate surface area is 122 Å². The predicted molar refractivity (Wildman–Crippen MR) is 77.5 cm³/mol. The van der Waals surface area contributed by atoms with Crippen molar-refractivity contribution in [2.24, 2.45) is 0 Å². The SMILES string of the molecule is C[C@H](NC(=O)CCc1ccsc1)c1nnc2n1CCC2. The standard InChI is InChI=1S/C14H18N4OS/c1-10(14-17-16-12-3-2-7-18(12)14)15-13(19)5-4-11-6-8-20-9-11/h6,8-10H,2-5,7H2,1H3,(H,15,19)/t10-/m0/s1. The van der Waals surface area contributed by atoms with Crippen LogP contribution in [0.5, 0.6) is 0 Å². The first-order valence-electron chi connectivity index (χ1n) is 6.96. The Kier molecular flexibility index (Phi) is 3.82. The van der Waals surface area contributed by atoms with Gasteiger partial charge in [0.25, 0.3) is 0 Å². The number of amides is 1. The number of nitrogens with zero attached hydrogens (tertiary/aromatic N) is 3. The maximum atomic E-state index is 12.0. The number of aromatic nitrogens is 3. The average molecular weight is 290 g/mol. The van der Waals surface area contributed by atoms with Gasteiger partial charge in [-0.15, -0.1) is 10.2 Å². The highest BCUT2D eigenvalue weighted by molar-refractivity contribution is 7.07. The van der Waals surface area contributed by atoms with Crippen molar-refractivity contribution in [1.29, 1.82) is 0 Å². The maximum absolute atomic E-state index is 12.0. The van der Waals surface area contributed by atoms with Crippen LogP contribution in [-0.4, -0.2) is 20.7 Å². The first kappa shape index (κ1) is 13.3. The van der Waals surface area contributed by atoms with E-state index in [1.807, 2.05) is 12.3 Å². The third-order valence-corrected chi connectivity index (χ3v) is 4.36.